The van der Waals surface area contributed by atoms with Crippen molar-refractivity contribution in [1.82, 2.24) is 0 Å². The molecule has 0 radical (unpaired) electrons. The zero-order valence-electron chi connectivity index (χ0n) is 13.6. The van der Waals surface area contributed by atoms with Crippen molar-refractivity contribution in [3.05, 3.63) is 35.9 Å². The predicted molar refractivity (Wildman–Crippen MR) is 81.3 cm³/mol. The van der Waals surface area contributed by atoms with Crippen LogP contribution < -0.4 is 0 Å². The molecule has 4 atom stereocenters. The lowest BCUT2D eigenvalue weighted by Gasteiger charge is -2.39. The van der Waals surface area contributed by atoms with Crippen LogP contribution in [0.1, 0.15) is 32.8 Å². The average molecular weight is 322 g/mol. The van der Waals surface area contributed by atoms with Crippen LogP contribution in [0.2, 0.25) is 0 Å². The van der Waals surface area contributed by atoms with Gasteiger partial charge in [-0.2, -0.15) is 0 Å². The summed E-state index contributed by atoms with van der Waals surface area (Å²) in [6.07, 6.45) is -1.80. The molecule has 0 amide bonds. The van der Waals surface area contributed by atoms with E-state index in [4.69, 9.17) is 18.9 Å². The molecule has 23 heavy (non-hydrogen) atoms. The van der Waals surface area contributed by atoms with Crippen LogP contribution in [-0.2, 0) is 35.1 Å². The minimum atomic E-state index is -0.733. The highest BCUT2D eigenvalue weighted by atomic mass is 16.7. The third kappa shape index (κ3) is 5.33. The molecular weight excluding hydrogens is 300 g/mol. The van der Waals surface area contributed by atoms with E-state index in [0.29, 0.717) is 6.61 Å². The molecule has 0 unspecified atom stereocenters. The molecule has 126 valence electrons. The first-order valence-corrected chi connectivity index (χ1v) is 7.61. The molecule has 0 aromatic heterocycles. The summed E-state index contributed by atoms with van der Waals surface area (Å²) in [5.74, 6) is -0.841. The third-order valence-corrected chi connectivity index (χ3v) is 3.52. The summed E-state index contributed by atoms with van der Waals surface area (Å²) in [5.41, 5.74) is 1.02. The largest absolute Gasteiger partial charge is 0.459 e. The number of carbonyl (C=O) groups is 2. The lowest BCUT2D eigenvalue weighted by molar-refractivity contribution is -0.254. The number of carbonyl (C=O) groups excluding carboxylic acids is 2. The van der Waals surface area contributed by atoms with Crippen LogP contribution in [0.25, 0.3) is 0 Å². The standard InChI is InChI=1S/C17H22O6/c1-11-17(20-10-14-7-5-4-6-8-14)15(22-12(2)18)9-16(21-11)23-13(3)19/h4-8,11,15-17H,9-10H2,1-3H3/t11-,15-,16-,17-/m1/s1. The Balaban J connectivity index is 2.02. The smallest absolute Gasteiger partial charge is 0.304 e. The van der Waals surface area contributed by atoms with Gasteiger partial charge in [-0.25, -0.2) is 0 Å². The van der Waals surface area contributed by atoms with E-state index in [0.717, 1.165) is 5.56 Å². The van der Waals surface area contributed by atoms with Gasteiger partial charge in [0.15, 0.2) is 0 Å². The van der Waals surface area contributed by atoms with Crippen molar-refractivity contribution in [3.63, 3.8) is 0 Å². The fourth-order valence-corrected chi connectivity index (χ4v) is 2.60. The Kier molecular flexibility index (Phi) is 6.12. The quantitative estimate of drug-likeness (QED) is 0.774. The molecule has 0 saturated carbocycles. The maximum absolute atomic E-state index is 11.3. The molecule has 0 bridgehead atoms. The summed E-state index contributed by atoms with van der Waals surface area (Å²) in [6, 6.07) is 9.70. The number of ether oxygens (including phenoxy) is 4. The molecule has 2 rings (SSSR count). The Morgan fingerprint density at radius 3 is 2.39 bits per heavy atom. The van der Waals surface area contributed by atoms with Crippen LogP contribution in [-0.4, -0.2) is 36.5 Å². The van der Waals surface area contributed by atoms with Gasteiger partial charge in [0.25, 0.3) is 0 Å². The van der Waals surface area contributed by atoms with Crippen LogP contribution in [0.3, 0.4) is 0 Å². The van der Waals surface area contributed by atoms with Gasteiger partial charge in [0.2, 0.25) is 6.29 Å². The number of hydrogen-bond acceptors (Lipinski definition) is 6. The van der Waals surface area contributed by atoms with Crippen molar-refractivity contribution in [2.75, 3.05) is 0 Å². The fraction of sp³-hybridized carbons (Fsp3) is 0.529. The molecule has 1 aliphatic rings. The van der Waals surface area contributed by atoms with Crippen LogP contribution in [0.4, 0.5) is 0 Å². The molecule has 1 aliphatic heterocycles. The van der Waals surface area contributed by atoms with E-state index >= 15 is 0 Å². The number of esters is 2. The van der Waals surface area contributed by atoms with Crippen LogP contribution >= 0.6 is 0 Å². The summed E-state index contributed by atoms with van der Waals surface area (Å²) in [6.45, 7) is 4.85. The highest BCUT2D eigenvalue weighted by Crippen LogP contribution is 2.27. The lowest BCUT2D eigenvalue weighted by Crippen LogP contribution is -2.50. The number of hydrogen-bond donors (Lipinski definition) is 0. The molecule has 1 heterocycles. The van der Waals surface area contributed by atoms with Gasteiger partial charge in [0.1, 0.15) is 12.2 Å². The molecule has 1 aromatic rings. The van der Waals surface area contributed by atoms with E-state index in [9.17, 15) is 9.59 Å². The lowest BCUT2D eigenvalue weighted by atomic mass is 10.0. The van der Waals surface area contributed by atoms with E-state index in [1.54, 1.807) is 0 Å². The Bertz CT molecular complexity index is 529. The van der Waals surface area contributed by atoms with Gasteiger partial charge in [-0.3, -0.25) is 9.59 Å². The van der Waals surface area contributed by atoms with Crippen molar-refractivity contribution in [3.8, 4) is 0 Å². The molecule has 0 N–H and O–H groups in total. The highest BCUT2D eigenvalue weighted by Gasteiger charge is 2.40. The molecular formula is C17H22O6. The fourth-order valence-electron chi connectivity index (χ4n) is 2.60. The van der Waals surface area contributed by atoms with Crippen molar-refractivity contribution < 1.29 is 28.5 Å². The Morgan fingerprint density at radius 2 is 1.78 bits per heavy atom. The van der Waals surface area contributed by atoms with E-state index in [1.807, 2.05) is 37.3 Å². The molecule has 6 nitrogen and oxygen atoms in total. The SMILES string of the molecule is CC(=O)O[C@@H]1C[C@@H](OC(C)=O)[C@H](OCc2ccccc2)[C@@H](C)O1. The first-order chi connectivity index (χ1) is 11.0. The zero-order valence-corrected chi connectivity index (χ0v) is 13.6. The maximum Gasteiger partial charge on any atom is 0.304 e. The summed E-state index contributed by atoms with van der Waals surface area (Å²) in [5, 5.41) is 0. The van der Waals surface area contributed by atoms with E-state index in [-0.39, 0.29) is 12.5 Å². The van der Waals surface area contributed by atoms with Crippen molar-refractivity contribution in [1.29, 1.82) is 0 Å². The van der Waals surface area contributed by atoms with E-state index in [2.05, 4.69) is 0 Å². The first kappa shape index (κ1) is 17.4. The van der Waals surface area contributed by atoms with E-state index < -0.39 is 30.4 Å². The number of benzene rings is 1. The molecule has 1 saturated heterocycles. The zero-order chi connectivity index (χ0) is 16.8. The number of rotatable bonds is 5. The average Bonchev–Trinajstić information content (AvgIpc) is 2.46. The van der Waals surface area contributed by atoms with Gasteiger partial charge >= 0.3 is 11.9 Å². The van der Waals surface area contributed by atoms with Crippen LogP contribution in [0, 0.1) is 0 Å². The van der Waals surface area contributed by atoms with Gasteiger partial charge in [0, 0.05) is 13.8 Å². The Hall–Kier alpha value is -1.92. The topological polar surface area (TPSA) is 71.1 Å². The summed E-state index contributed by atoms with van der Waals surface area (Å²) in [4.78, 5) is 22.4. The second kappa shape index (κ2) is 8.08. The van der Waals surface area contributed by atoms with Gasteiger partial charge < -0.3 is 18.9 Å². The van der Waals surface area contributed by atoms with Crippen molar-refractivity contribution in [2.45, 2.75) is 58.4 Å². The predicted octanol–water partition coefficient (Wildman–Crippen LogP) is 2.20. The Morgan fingerprint density at radius 1 is 1.13 bits per heavy atom. The summed E-state index contributed by atoms with van der Waals surface area (Å²) < 4.78 is 22.0. The van der Waals surface area contributed by atoms with Gasteiger partial charge in [-0.05, 0) is 12.5 Å². The second-order valence-corrected chi connectivity index (χ2v) is 5.52. The van der Waals surface area contributed by atoms with Gasteiger partial charge in [-0.1, -0.05) is 30.3 Å². The molecule has 1 aromatic carbocycles. The maximum atomic E-state index is 11.3. The van der Waals surface area contributed by atoms with Crippen molar-refractivity contribution >= 4 is 11.9 Å². The molecule has 0 spiro atoms. The first-order valence-electron chi connectivity index (χ1n) is 7.61. The van der Waals surface area contributed by atoms with Crippen molar-refractivity contribution in [2.24, 2.45) is 0 Å². The molecule has 1 fully saturated rings. The minimum Gasteiger partial charge on any atom is -0.459 e. The van der Waals surface area contributed by atoms with Crippen LogP contribution in [0.5, 0.6) is 0 Å². The van der Waals surface area contributed by atoms with Crippen LogP contribution in [0.15, 0.2) is 30.3 Å². The van der Waals surface area contributed by atoms with E-state index in [1.165, 1.54) is 13.8 Å². The minimum absolute atomic E-state index is 0.253. The van der Waals surface area contributed by atoms with Gasteiger partial charge in [-0.15, -0.1) is 0 Å². The summed E-state index contributed by atoms with van der Waals surface area (Å²) >= 11 is 0. The third-order valence-electron chi connectivity index (χ3n) is 3.52. The molecule has 0 aliphatic carbocycles. The highest BCUT2D eigenvalue weighted by molar-refractivity contribution is 5.66. The second-order valence-electron chi connectivity index (χ2n) is 5.52. The molecule has 6 heteroatoms. The summed E-state index contributed by atoms with van der Waals surface area (Å²) in [7, 11) is 0. The van der Waals surface area contributed by atoms with Gasteiger partial charge in [0.05, 0.1) is 19.1 Å². The Labute approximate surface area is 135 Å². The normalized spacial score (nSPS) is 27.3. The monoisotopic (exact) mass is 322 g/mol.